The minimum atomic E-state index is -0.285. The van der Waals surface area contributed by atoms with E-state index >= 15 is 0 Å². The van der Waals surface area contributed by atoms with Crippen molar-refractivity contribution in [1.82, 2.24) is 0 Å². The second-order valence-electron chi connectivity index (χ2n) is 6.47. The molecule has 0 aromatic heterocycles. The van der Waals surface area contributed by atoms with Crippen LogP contribution < -0.4 is 0 Å². The Hall–Kier alpha value is -1.08. The Balaban J connectivity index is 1.65. The minimum Gasteiger partial charge on any atom is -0.384 e. The lowest BCUT2D eigenvalue weighted by atomic mass is 9.90. The molecular formula is C19H26O. The van der Waals surface area contributed by atoms with Gasteiger partial charge in [-0.2, -0.15) is 0 Å². The molecule has 1 N–H and O–H groups in total. The number of hydrogen-bond donors (Lipinski definition) is 1. The summed E-state index contributed by atoms with van der Waals surface area (Å²) < 4.78 is 0. The lowest BCUT2D eigenvalue weighted by molar-refractivity contribution is 0.252. The molecule has 0 bridgehead atoms. The molecule has 0 aromatic rings. The van der Waals surface area contributed by atoms with Crippen LogP contribution in [0.4, 0.5) is 0 Å². The maximum Gasteiger partial charge on any atom is 0.0961 e. The van der Waals surface area contributed by atoms with Crippen molar-refractivity contribution < 1.29 is 5.11 Å². The van der Waals surface area contributed by atoms with Gasteiger partial charge in [0.1, 0.15) is 0 Å². The van der Waals surface area contributed by atoms with Gasteiger partial charge in [-0.3, -0.25) is 0 Å². The van der Waals surface area contributed by atoms with E-state index in [0.29, 0.717) is 11.8 Å². The third-order valence-electron chi connectivity index (χ3n) is 4.92. The summed E-state index contributed by atoms with van der Waals surface area (Å²) in [4.78, 5) is 0. The summed E-state index contributed by atoms with van der Waals surface area (Å²) >= 11 is 0. The largest absolute Gasteiger partial charge is 0.384 e. The standard InChI is InChI=1S/C19H26O/c20-19-17(13-15-7-3-1-4-8-15)11-12-18(19)14-16-9-5-2-6-10-16/h1-3,5,13-16,19-20H,4,6-12H2/b17-13+,18-14+/t15-,16-/m1/s1. The molecule has 2 atom stereocenters. The normalized spacial score (nSPS) is 38.0. The SMILES string of the molecule is OC1/C(=C/[C@@H]2CC=CCC2)CC/C1=C\[C@@H]1CC=CCC1. The summed E-state index contributed by atoms with van der Waals surface area (Å²) in [5.41, 5.74) is 2.56. The molecule has 1 saturated carbocycles. The first-order chi connectivity index (χ1) is 9.83. The Morgan fingerprint density at radius 2 is 1.30 bits per heavy atom. The van der Waals surface area contributed by atoms with Crippen LogP contribution in [0, 0.1) is 11.8 Å². The van der Waals surface area contributed by atoms with E-state index in [4.69, 9.17) is 0 Å². The minimum absolute atomic E-state index is 0.285. The third-order valence-corrected chi connectivity index (χ3v) is 4.92. The molecule has 108 valence electrons. The van der Waals surface area contributed by atoms with Gasteiger partial charge in [0.05, 0.1) is 6.10 Å². The van der Waals surface area contributed by atoms with Gasteiger partial charge in [0, 0.05) is 0 Å². The van der Waals surface area contributed by atoms with Gasteiger partial charge >= 0.3 is 0 Å². The van der Waals surface area contributed by atoms with Crippen LogP contribution in [0.3, 0.4) is 0 Å². The fraction of sp³-hybridized carbons (Fsp3) is 0.579. The number of aliphatic hydroxyl groups is 1. The smallest absolute Gasteiger partial charge is 0.0961 e. The zero-order chi connectivity index (χ0) is 13.8. The fourth-order valence-corrected chi connectivity index (χ4v) is 3.69. The summed E-state index contributed by atoms with van der Waals surface area (Å²) in [6.07, 6.45) is 22.9. The second kappa shape index (κ2) is 6.58. The highest BCUT2D eigenvalue weighted by Crippen LogP contribution is 2.35. The zero-order valence-corrected chi connectivity index (χ0v) is 12.3. The molecule has 3 rings (SSSR count). The molecule has 0 amide bonds. The molecule has 0 radical (unpaired) electrons. The van der Waals surface area contributed by atoms with E-state index in [9.17, 15) is 5.11 Å². The molecule has 3 aliphatic rings. The average Bonchev–Trinajstić information content (AvgIpc) is 2.83. The van der Waals surface area contributed by atoms with Gasteiger partial charge in [-0.1, -0.05) is 36.5 Å². The molecule has 1 fully saturated rings. The molecule has 0 spiro atoms. The first kappa shape index (κ1) is 13.9. The van der Waals surface area contributed by atoms with Crippen LogP contribution in [0.15, 0.2) is 47.6 Å². The lowest BCUT2D eigenvalue weighted by Crippen LogP contribution is -2.10. The first-order valence-electron chi connectivity index (χ1n) is 8.22. The van der Waals surface area contributed by atoms with Crippen LogP contribution in [0.1, 0.15) is 51.4 Å². The van der Waals surface area contributed by atoms with E-state index in [0.717, 1.165) is 25.7 Å². The predicted octanol–water partition coefficient (Wildman–Crippen LogP) is 4.71. The maximum atomic E-state index is 10.5. The topological polar surface area (TPSA) is 20.2 Å². The second-order valence-corrected chi connectivity index (χ2v) is 6.47. The van der Waals surface area contributed by atoms with Crippen molar-refractivity contribution in [3.63, 3.8) is 0 Å². The van der Waals surface area contributed by atoms with Gasteiger partial charge in [-0.15, -0.1) is 0 Å². The molecule has 0 heterocycles. The van der Waals surface area contributed by atoms with Gasteiger partial charge < -0.3 is 5.11 Å². The van der Waals surface area contributed by atoms with Crippen LogP contribution in [-0.2, 0) is 0 Å². The number of rotatable bonds is 2. The summed E-state index contributed by atoms with van der Waals surface area (Å²) in [6, 6.07) is 0. The van der Waals surface area contributed by atoms with Gasteiger partial charge in [-0.25, -0.2) is 0 Å². The van der Waals surface area contributed by atoms with E-state index in [-0.39, 0.29) is 6.10 Å². The van der Waals surface area contributed by atoms with Crippen molar-refractivity contribution in [3.05, 3.63) is 47.6 Å². The molecule has 1 heteroatoms. The number of aliphatic hydroxyl groups excluding tert-OH is 1. The highest BCUT2D eigenvalue weighted by atomic mass is 16.3. The Labute approximate surface area is 122 Å². The third kappa shape index (κ3) is 3.32. The first-order valence-corrected chi connectivity index (χ1v) is 8.22. The van der Waals surface area contributed by atoms with Crippen LogP contribution in [-0.4, -0.2) is 11.2 Å². The van der Waals surface area contributed by atoms with E-state index in [1.165, 1.54) is 36.8 Å². The molecule has 0 unspecified atom stereocenters. The van der Waals surface area contributed by atoms with Gasteiger partial charge in [0.15, 0.2) is 0 Å². The molecule has 0 saturated heterocycles. The molecular weight excluding hydrogens is 244 g/mol. The Bertz CT molecular complexity index is 410. The van der Waals surface area contributed by atoms with Gasteiger partial charge in [-0.05, 0) is 74.3 Å². The molecule has 0 aliphatic heterocycles. The van der Waals surface area contributed by atoms with Crippen molar-refractivity contribution in [2.75, 3.05) is 0 Å². The highest BCUT2D eigenvalue weighted by Gasteiger charge is 2.25. The summed E-state index contributed by atoms with van der Waals surface area (Å²) in [5, 5.41) is 10.5. The van der Waals surface area contributed by atoms with Gasteiger partial charge in [0.2, 0.25) is 0 Å². The molecule has 0 aromatic carbocycles. The van der Waals surface area contributed by atoms with Gasteiger partial charge in [0.25, 0.3) is 0 Å². The average molecular weight is 270 g/mol. The van der Waals surface area contributed by atoms with Crippen LogP contribution in [0.2, 0.25) is 0 Å². The number of hydrogen-bond acceptors (Lipinski definition) is 1. The molecule has 1 nitrogen and oxygen atoms in total. The molecule has 20 heavy (non-hydrogen) atoms. The Kier molecular flexibility index (Phi) is 4.57. The predicted molar refractivity (Wildman–Crippen MR) is 84.4 cm³/mol. The lowest BCUT2D eigenvalue weighted by Gasteiger charge is -2.17. The van der Waals surface area contributed by atoms with E-state index in [2.05, 4.69) is 36.5 Å². The van der Waals surface area contributed by atoms with E-state index in [1.807, 2.05) is 0 Å². The van der Waals surface area contributed by atoms with Crippen molar-refractivity contribution in [3.8, 4) is 0 Å². The highest BCUT2D eigenvalue weighted by molar-refractivity contribution is 5.32. The van der Waals surface area contributed by atoms with Crippen molar-refractivity contribution >= 4 is 0 Å². The van der Waals surface area contributed by atoms with E-state index < -0.39 is 0 Å². The van der Waals surface area contributed by atoms with E-state index in [1.54, 1.807) is 0 Å². The summed E-state index contributed by atoms with van der Waals surface area (Å²) in [6.45, 7) is 0. The Morgan fingerprint density at radius 1 is 0.800 bits per heavy atom. The number of allylic oxidation sites excluding steroid dienone is 6. The van der Waals surface area contributed by atoms with Crippen LogP contribution in [0.25, 0.3) is 0 Å². The monoisotopic (exact) mass is 270 g/mol. The van der Waals surface area contributed by atoms with Crippen molar-refractivity contribution in [2.45, 2.75) is 57.5 Å². The summed E-state index contributed by atoms with van der Waals surface area (Å²) in [5.74, 6) is 1.31. The van der Waals surface area contributed by atoms with Crippen molar-refractivity contribution in [1.29, 1.82) is 0 Å². The fourth-order valence-electron chi connectivity index (χ4n) is 3.69. The maximum absolute atomic E-state index is 10.5. The Morgan fingerprint density at radius 3 is 1.70 bits per heavy atom. The van der Waals surface area contributed by atoms with Crippen molar-refractivity contribution in [2.24, 2.45) is 11.8 Å². The molecule has 3 aliphatic carbocycles. The van der Waals surface area contributed by atoms with Crippen LogP contribution in [0.5, 0.6) is 0 Å². The quantitative estimate of drug-likeness (QED) is 0.721. The summed E-state index contributed by atoms with van der Waals surface area (Å²) in [7, 11) is 0. The van der Waals surface area contributed by atoms with Crippen LogP contribution >= 0.6 is 0 Å². The zero-order valence-electron chi connectivity index (χ0n) is 12.3.